The number of amides is 1. The van der Waals surface area contributed by atoms with E-state index in [0.717, 1.165) is 0 Å². The highest BCUT2D eigenvalue weighted by molar-refractivity contribution is 7.71. The van der Waals surface area contributed by atoms with Crippen LogP contribution in [0.4, 0.5) is 5.69 Å². The Kier molecular flexibility index (Phi) is 3.56. The number of hydrogen-bond donors (Lipinski definition) is 2. The number of aromatic nitrogens is 1. The number of rotatable bonds is 2. The lowest BCUT2D eigenvalue weighted by molar-refractivity contribution is 0.102. The number of carbonyl (C=O) groups is 1. The molecule has 1 heterocycles. The zero-order valence-corrected chi connectivity index (χ0v) is 10.3. The van der Waals surface area contributed by atoms with Crippen LogP contribution < -0.4 is 5.32 Å². The van der Waals surface area contributed by atoms with Crippen LogP contribution in [-0.2, 0) is 0 Å². The average Bonchev–Trinajstić information content (AvgIpc) is 2.32. The fraction of sp³-hybridized carbons (Fsp3) is 0. The Morgan fingerprint density at radius 3 is 2.65 bits per heavy atom. The molecular weight excluding hydrogens is 256 g/mol. The van der Waals surface area contributed by atoms with E-state index in [1.54, 1.807) is 42.6 Å². The van der Waals surface area contributed by atoms with Crippen molar-refractivity contribution in [3.8, 4) is 0 Å². The van der Waals surface area contributed by atoms with Gasteiger partial charge in [-0.1, -0.05) is 36.0 Å². The minimum absolute atomic E-state index is 0.249. The molecule has 3 nitrogen and oxygen atoms in total. The van der Waals surface area contributed by atoms with Gasteiger partial charge in [-0.15, -0.1) is 0 Å². The number of aromatic amines is 1. The number of halogens is 1. The van der Waals surface area contributed by atoms with E-state index < -0.39 is 0 Å². The van der Waals surface area contributed by atoms with Gasteiger partial charge in [0.15, 0.2) is 0 Å². The van der Waals surface area contributed by atoms with Gasteiger partial charge in [-0.05, 0) is 24.3 Å². The Morgan fingerprint density at radius 2 is 2.00 bits per heavy atom. The van der Waals surface area contributed by atoms with Crippen molar-refractivity contribution in [3.05, 3.63) is 57.8 Å². The van der Waals surface area contributed by atoms with E-state index in [-0.39, 0.29) is 5.91 Å². The Balaban J connectivity index is 2.20. The monoisotopic (exact) mass is 264 g/mol. The number of carbonyl (C=O) groups excluding carboxylic acids is 1. The summed E-state index contributed by atoms with van der Waals surface area (Å²) in [6.45, 7) is 0. The first-order valence-corrected chi connectivity index (χ1v) is 5.70. The molecule has 2 N–H and O–H groups in total. The molecule has 0 aliphatic rings. The normalized spacial score (nSPS) is 9.94. The molecule has 0 bridgehead atoms. The molecule has 0 saturated heterocycles. The maximum Gasteiger partial charge on any atom is 0.257 e. The van der Waals surface area contributed by atoms with Crippen molar-refractivity contribution in [3.63, 3.8) is 0 Å². The maximum absolute atomic E-state index is 11.9. The largest absolute Gasteiger partial charge is 0.351 e. The lowest BCUT2D eigenvalue weighted by Gasteiger charge is -2.05. The summed E-state index contributed by atoms with van der Waals surface area (Å²) >= 11 is 10.8. The van der Waals surface area contributed by atoms with Crippen molar-refractivity contribution >= 4 is 35.4 Å². The molecule has 0 aliphatic heterocycles. The first-order valence-electron chi connectivity index (χ1n) is 4.91. The third-order valence-electron chi connectivity index (χ3n) is 2.16. The van der Waals surface area contributed by atoms with Gasteiger partial charge in [-0.2, -0.15) is 0 Å². The van der Waals surface area contributed by atoms with Gasteiger partial charge in [-0.25, -0.2) is 0 Å². The van der Waals surface area contributed by atoms with E-state index in [4.69, 9.17) is 23.8 Å². The molecule has 2 aromatic rings. The summed E-state index contributed by atoms with van der Waals surface area (Å²) < 4.78 is 0.612. The van der Waals surface area contributed by atoms with Gasteiger partial charge in [-0.3, -0.25) is 4.79 Å². The lowest BCUT2D eigenvalue weighted by atomic mass is 10.2. The van der Waals surface area contributed by atoms with E-state index in [2.05, 4.69) is 10.3 Å². The van der Waals surface area contributed by atoms with E-state index >= 15 is 0 Å². The first-order chi connectivity index (χ1) is 8.16. The van der Waals surface area contributed by atoms with Crippen LogP contribution in [0.2, 0.25) is 5.02 Å². The van der Waals surface area contributed by atoms with Crippen molar-refractivity contribution in [1.29, 1.82) is 0 Å². The molecule has 0 radical (unpaired) electrons. The van der Waals surface area contributed by atoms with Crippen LogP contribution in [0.15, 0.2) is 42.6 Å². The first kappa shape index (κ1) is 11.8. The standard InChI is InChI=1S/C12H9ClN2OS/c13-10-4-2-1-3-9(10)12(16)15-8-5-6-11(17)14-7-8/h1-7H,(H,14,17)(H,15,16). The van der Waals surface area contributed by atoms with Gasteiger partial charge in [0.25, 0.3) is 5.91 Å². The molecule has 0 aliphatic carbocycles. The van der Waals surface area contributed by atoms with Crippen LogP contribution in [0.1, 0.15) is 10.4 Å². The SMILES string of the molecule is O=C(Nc1ccc(=S)[nH]c1)c1ccccc1Cl. The van der Waals surface area contributed by atoms with Crippen molar-refractivity contribution in [2.75, 3.05) is 5.32 Å². The van der Waals surface area contributed by atoms with Gasteiger partial charge in [0.05, 0.1) is 16.3 Å². The number of nitrogens with one attached hydrogen (secondary N) is 2. The lowest BCUT2D eigenvalue weighted by Crippen LogP contribution is -2.12. The zero-order valence-electron chi connectivity index (χ0n) is 8.74. The van der Waals surface area contributed by atoms with E-state index in [0.29, 0.717) is 20.9 Å². The van der Waals surface area contributed by atoms with Gasteiger partial charge in [0, 0.05) is 6.20 Å². The van der Waals surface area contributed by atoms with Gasteiger partial charge in [0.2, 0.25) is 0 Å². The number of pyridine rings is 1. The number of anilines is 1. The molecule has 1 aromatic carbocycles. The second kappa shape index (κ2) is 5.12. The Labute approximate surface area is 108 Å². The third kappa shape index (κ3) is 2.93. The maximum atomic E-state index is 11.9. The summed E-state index contributed by atoms with van der Waals surface area (Å²) in [4.78, 5) is 14.7. The number of H-pyrrole nitrogens is 1. The summed E-state index contributed by atoms with van der Waals surface area (Å²) in [6.07, 6.45) is 1.64. The summed E-state index contributed by atoms with van der Waals surface area (Å²) in [6, 6.07) is 10.3. The number of hydrogen-bond acceptors (Lipinski definition) is 2. The molecule has 1 aromatic heterocycles. The second-order valence-electron chi connectivity index (χ2n) is 3.38. The van der Waals surface area contributed by atoms with Gasteiger partial charge in [0.1, 0.15) is 4.64 Å². The van der Waals surface area contributed by atoms with Gasteiger partial charge < -0.3 is 10.3 Å². The summed E-state index contributed by atoms with van der Waals surface area (Å²) in [7, 11) is 0. The Hall–Kier alpha value is -1.65. The van der Waals surface area contributed by atoms with Crippen LogP contribution in [0.5, 0.6) is 0 Å². The van der Waals surface area contributed by atoms with Crippen molar-refractivity contribution in [2.24, 2.45) is 0 Å². The van der Waals surface area contributed by atoms with E-state index in [1.807, 2.05) is 0 Å². The summed E-state index contributed by atoms with van der Waals surface area (Å²) in [5.41, 5.74) is 1.08. The topological polar surface area (TPSA) is 44.9 Å². The fourth-order valence-corrected chi connectivity index (χ4v) is 1.68. The van der Waals surface area contributed by atoms with Crippen LogP contribution in [0.3, 0.4) is 0 Å². The Bertz CT molecular complexity index is 589. The van der Waals surface area contributed by atoms with Crippen LogP contribution in [0, 0.1) is 4.64 Å². The molecule has 5 heteroatoms. The second-order valence-corrected chi connectivity index (χ2v) is 4.22. The summed E-state index contributed by atoms with van der Waals surface area (Å²) in [5, 5.41) is 3.15. The Morgan fingerprint density at radius 1 is 1.24 bits per heavy atom. The summed E-state index contributed by atoms with van der Waals surface area (Å²) in [5.74, 6) is -0.249. The smallest absolute Gasteiger partial charge is 0.257 e. The van der Waals surface area contributed by atoms with E-state index in [1.165, 1.54) is 0 Å². The molecule has 1 amide bonds. The minimum atomic E-state index is -0.249. The molecule has 86 valence electrons. The predicted molar refractivity (Wildman–Crippen MR) is 71.0 cm³/mol. The molecule has 17 heavy (non-hydrogen) atoms. The fourth-order valence-electron chi connectivity index (χ4n) is 1.33. The predicted octanol–water partition coefficient (Wildman–Crippen LogP) is 3.65. The molecule has 0 unspecified atom stereocenters. The molecule has 0 fully saturated rings. The van der Waals surface area contributed by atoms with Crippen LogP contribution in [-0.4, -0.2) is 10.9 Å². The zero-order chi connectivity index (χ0) is 12.3. The highest BCUT2D eigenvalue weighted by Gasteiger charge is 2.09. The number of benzene rings is 1. The van der Waals surface area contributed by atoms with Crippen LogP contribution in [0.25, 0.3) is 0 Å². The molecule has 2 rings (SSSR count). The molecule has 0 saturated carbocycles. The minimum Gasteiger partial charge on any atom is -0.351 e. The highest BCUT2D eigenvalue weighted by atomic mass is 35.5. The van der Waals surface area contributed by atoms with Crippen molar-refractivity contribution in [1.82, 2.24) is 4.98 Å². The van der Waals surface area contributed by atoms with Gasteiger partial charge >= 0.3 is 0 Å². The average molecular weight is 265 g/mol. The molecule has 0 atom stereocenters. The highest BCUT2D eigenvalue weighted by Crippen LogP contribution is 2.16. The van der Waals surface area contributed by atoms with Crippen molar-refractivity contribution in [2.45, 2.75) is 0 Å². The van der Waals surface area contributed by atoms with Crippen molar-refractivity contribution < 1.29 is 4.79 Å². The molecular formula is C12H9ClN2OS. The third-order valence-corrected chi connectivity index (χ3v) is 2.74. The van der Waals surface area contributed by atoms with E-state index in [9.17, 15) is 4.79 Å². The quantitative estimate of drug-likeness (QED) is 0.814. The van der Waals surface area contributed by atoms with Crippen LogP contribution >= 0.6 is 23.8 Å². The molecule has 0 spiro atoms.